The Morgan fingerprint density at radius 1 is 1.20 bits per heavy atom. The van der Waals surface area contributed by atoms with Crippen LogP contribution in [-0.4, -0.2) is 26.7 Å². The number of aliphatic hydroxyl groups excluding tert-OH is 1. The topological polar surface area (TPSA) is 67.0 Å². The maximum Gasteiger partial charge on any atom is 0.180 e. The fourth-order valence-electron chi connectivity index (χ4n) is 3.15. The van der Waals surface area contributed by atoms with Crippen LogP contribution in [0, 0.1) is 13.8 Å². The second-order valence-electron chi connectivity index (χ2n) is 6.36. The smallest absolute Gasteiger partial charge is 0.180 e. The van der Waals surface area contributed by atoms with Gasteiger partial charge in [0.1, 0.15) is 0 Å². The maximum absolute atomic E-state index is 10.8. The van der Waals surface area contributed by atoms with Crippen molar-refractivity contribution in [3.05, 3.63) is 64.6 Å². The third-order valence-electron chi connectivity index (χ3n) is 4.71. The van der Waals surface area contributed by atoms with E-state index in [2.05, 4.69) is 4.98 Å². The average Bonchev–Trinajstić information content (AvgIpc) is 2.91. The predicted octanol–water partition coefficient (Wildman–Crippen LogP) is 3.47. The lowest BCUT2D eigenvalue weighted by Crippen LogP contribution is -2.05. The van der Waals surface area contributed by atoms with Crippen molar-refractivity contribution in [1.29, 1.82) is 0 Å². The molecule has 132 valence electrons. The number of fused-ring (bicyclic) bond motifs is 1. The van der Waals surface area contributed by atoms with Crippen molar-refractivity contribution in [2.24, 2.45) is 0 Å². The molecule has 0 aliphatic heterocycles. The molecule has 1 unspecified atom stereocenters. The van der Waals surface area contributed by atoms with Crippen molar-refractivity contribution in [3.63, 3.8) is 0 Å². The Hall–Kier alpha value is -2.37. The van der Waals surface area contributed by atoms with Gasteiger partial charge in [0.05, 0.1) is 18.4 Å². The number of aromatic nitrogens is 2. The van der Waals surface area contributed by atoms with Crippen LogP contribution in [0.2, 0.25) is 0 Å². The van der Waals surface area contributed by atoms with E-state index in [1.807, 2.05) is 54.8 Å². The zero-order chi connectivity index (χ0) is 18.0. The molecule has 0 saturated heterocycles. The highest BCUT2D eigenvalue weighted by atomic mass is 16.5. The van der Waals surface area contributed by atoms with Crippen LogP contribution in [0.1, 0.15) is 40.6 Å². The van der Waals surface area contributed by atoms with Crippen LogP contribution in [-0.2, 0) is 17.8 Å². The fraction of sp³-hybridized carbons (Fsp3) is 0.350. The number of ether oxygens (including phenoxy) is 1. The summed E-state index contributed by atoms with van der Waals surface area (Å²) in [4.78, 5) is 4.47. The van der Waals surface area contributed by atoms with E-state index in [4.69, 9.17) is 4.74 Å². The first-order valence-corrected chi connectivity index (χ1v) is 8.43. The van der Waals surface area contributed by atoms with Crippen molar-refractivity contribution in [1.82, 2.24) is 9.38 Å². The Morgan fingerprint density at radius 3 is 2.60 bits per heavy atom. The summed E-state index contributed by atoms with van der Waals surface area (Å²) in [6, 6.07) is 9.56. The van der Waals surface area contributed by atoms with Crippen LogP contribution in [0.3, 0.4) is 0 Å². The molecule has 3 rings (SSSR count). The normalized spacial score (nSPS) is 12.6. The van der Waals surface area contributed by atoms with Crippen molar-refractivity contribution in [2.75, 3.05) is 7.11 Å². The van der Waals surface area contributed by atoms with Gasteiger partial charge in [0.15, 0.2) is 11.4 Å². The summed E-state index contributed by atoms with van der Waals surface area (Å²) in [5, 5.41) is 21.2. The SMILES string of the molecule is COCc1cn2c(C)c(C)nc2c(O)c1CCC(O)c1ccccc1. The summed E-state index contributed by atoms with van der Waals surface area (Å²) in [6.45, 7) is 4.30. The van der Waals surface area contributed by atoms with Gasteiger partial charge < -0.3 is 19.4 Å². The van der Waals surface area contributed by atoms with E-state index in [1.54, 1.807) is 7.11 Å². The molecule has 0 fully saturated rings. The lowest BCUT2D eigenvalue weighted by Gasteiger charge is -2.15. The zero-order valence-electron chi connectivity index (χ0n) is 14.9. The molecule has 3 aromatic rings. The minimum absolute atomic E-state index is 0.172. The zero-order valence-corrected chi connectivity index (χ0v) is 14.9. The van der Waals surface area contributed by atoms with Gasteiger partial charge in [0.2, 0.25) is 0 Å². The highest BCUT2D eigenvalue weighted by Gasteiger charge is 2.18. The largest absolute Gasteiger partial charge is 0.504 e. The number of methoxy groups -OCH3 is 1. The van der Waals surface area contributed by atoms with Crippen LogP contribution in [0.5, 0.6) is 5.75 Å². The van der Waals surface area contributed by atoms with Crippen LogP contribution in [0.15, 0.2) is 36.5 Å². The molecule has 2 aromatic heterocycles. The minimum atomic E-state index is -0.574. The number of hydrogen-bond donors (Lipinski definition) is 2. The first-order chi connectivity index (χ1) is 12.0. The van der Waals surface area contributed by atoms with Crippen molar-refractivity contribution in [3.8, 4) is 5.75 Å². The van der Waals surface area contributed by atoms with Gasteiger partial charge in [-0.25, -0.2) is 4.98 Å². The first kappa shape index (κ1) is 17.5. The quantitative estimate of drug-likeness (QED) is 0.721. The van der Waals surface area contributed by atoms with E-state index >= 15 is 0 Å². The van der Waals surface area contributed by atoms with Crippen LogP contribution >= 0.6 is 0 Å². The fourth-order valence-corrected chi connectivity index (χ4v) is 3.15. The lowest BCUT2D eigenvalue weighted by atomic mass is 9.98. The molecule has 0 amide bonds. The van der Waals surface area contributed by atoms with E-state index in [0.29, 0.717) is 25.1 Å². The Labute approximate surface area is 147 Å². The molecule has 2 N–H and O–H groups in total. The van der Waals surface area contributed by atoms with Crippen molar-refractivity contribution < 1.29 is 14.9 Å². The average molecular weight is 340 g/mol. The van der Waals surface area contributed by atoms with Gasteiger partial charge in [-0.1, -0.05) is 30.3 Å². The predicted molar refractivity (Wildman–Crippen MR) is 96.8 cm³/mol. The molecule has 0 bridgehead atoms. The molecular formula is C20H24N2O3. The van der Waals surface area contributed by atoms with Gasteiger partial charge in [-0.3, -0.25) is 0 Å². The van der Waals surface area contributed by atoms with Gasteiger partial charge in [-0.15, -0.1) is 0 Å². The second-order valence-corrected chi connectivity index (χ2v) is 6.36. The number of benzene rings is 1. The maximum atomic E-state index is 10.8. The second kappa shape index (κ2) is 7.25. The van der Waals surface area contributed by atoms with Crippen LogP contribution < -0.4 is 0 Å². The number of hydrogen-bond acceptors (Lipinski definition) is 4. The van der Waals surface area contributed by atoms with Gasteiger partial charge in [-0.2, -0.15) is 0 Å². The molecule has 0 aliphatic carbocycles. The lowest BCUT2D eigenvalue weighted by molar-refractivity contribution is 0.165. The molecule has 2 heterocycles. The molecule has 0 spiro atoms. The Kier molecular flexibility index (Phi) is 5.06. The van der Waals surface area contributed by atoms with Crippen molar-refractivity contribution >= 4 is 5.65 Å². The molecule has 0 aliphatic rings. The summed E-state index contributed by atoms with van der Waals surface area (Å²) < 4.78 is 7.20. The number of aliphatic hydroxyl groups is 1. The molecule has 1 aromatic carbocycles. The number of nitrogens with zero attached hydrogens (tertiary/aromatic N) is 2. The standard InChI is InChI=1S/C20H24N2O3/c1-13-14(2)22-11-16(12-25-3)17(19(24)20(22)21-13)9-10-18(23)15-7-5-4-6-8-15/h4-8,11,18,23-24H,9-10,12H2,1-3H3. The van der Waals surface area contributed by atoms with E-state index < -0.39 is 6.10 Å². The number of imidazole rings is 1. The monoisotopic (exact) mass is 340 g/mol. The van der Waals surface area contributed by atoms with Gasteiger partial charge in [-0.05, 0) is 32.3 Å². The summed E-state index contributed by atoms with van der Waals surface area (Å²) in [5.74, 6) is 0.172. The van der Waals surface area contributed by atoms with Crippen LogP contribution in [0.25, 0.3) is 5.65 Å². The number of aryl methyl sites for hydroxylation is 2. The van der Waals surface area contributed by atoms with Gasteiger partial charge >= 0.3 is 0 Å². The molecule has 5 nitrogen and oxygen atoms in total. The Balaban J connectivity index is 1.94. The van der Waals surface area contributed by atoms with E-state index in [9.17, 15) is 10.2 Å². The van der Waals surface area contributed by atoms with E-state index in [-0.39, 0.29) is 5.75 Å². The summed E-state index contributed by atoms with van der Waals surface area (Å²) in [5.41, 5.74) is 5.02. The third-order valence-corrected chi connectivity index (χ3v) is 4.71. The molecule has 0 radical (unpaired) electrons. The molecule has 1 atom stereocenters. The Bertz CT molecular complexity index is 872. The molecule has 25 heavy (non-hydrogen) atoms. The summed E-state index contributed by atoms with van der Waals surface area (Å²) in [7, 11) is 1.63. The summed E-state index contributed by atoms with van der Waals surface area (Å²) >= 11 is 0. The van der Waals surface area contributed by atoms with E-state index in [1.165, 1.54) is 0 Å². The first-order valence-electron chi connectivity index (χ1n) is 8.43. The number of rotatable bonds is 6. The van der Waals surface area contributed by atoms with Crippen LogP contribution in [0.4, 0.5) is 0 Å². The highest BCUT2D eigenvalue weighted by Crippen LogP contribution is 2.31. The highest BCUT2D eigenvalue weighted by molar-refractivity contribution is 5.61. The number of aromatic hydroxyl groups is 1. The molecule has 5 heteroatoms. The van der Waals surface area contributed by atoms with Gasteiger partial charge in [0, 0.05) is 30.1 Å². The molecule has 0 saturated carbocycles. The summed E-state index contributed by atoms with van der Waals surface area (Å²) in [6.07, 6.45) is 2.46. The van der Waals surface area contributed by atoms with E-state index in [0.717, 1.165) is 28.1 Å². The Morgan fingerprint density at radius 2 is 1.92 bits per heavy atom. The van der Waals surface area contributed by atoms with Crippen molar-refractivity contribution in [2.45, 2.75) is 39.4 Å². The minimum Gasteiger partial charge on any atom is -0.504 e. The van der Waals surface area contributed by atoms with Gasteiger partial charge in [0.25, 0.3) is 0 Å². The third kappa shape index (κ3) is 3.38. The number of pyridine rings is 1. The molecular weight excluding hydrogens is 316 g/mol.